The van der Waals surface area contributed by atoms with E-state index in [1.54, 1.807) is 0 Å². The maximum atomic E-state index is 9.71. The summed E-state index contributed by atoms with van der Waals surface area (Å²) < 4.78 is 0. The van der Waals surface area contributed by atoms with Crippen molar-refractivity contribution in [1.82, 2.24) is 0 Å². The van der Waals surface area contributed by atoms with Crippen molar-refractivity contribution < 1.29 is 5.11 Å². The van der Waals surface area contributed by atoms with Crippen molar-refractivity contribution in [3.8, 4) is 0 Å². The van der Waals surface area contributed by atoms with Crippen LogP contribution >= 0.6 is 0 Å². The zero-order chi connectivity index (χ0) is 13.9. The maximum Gasteiger partial charge on any atom is 0.0591 e. The Morgan fingerprint density at radius 3 is 1.89 bits per heavy atom. The largest absolute Gasteiger partial charge is 0.390 e. The topological polar surface area (TPSA) is 20.2 Å². The van der Waals surface area contributed by atoms with Gasteiger partial charge in [0.05, 0.1) is 5.60 Å². The van der Waals surface area contributed by atoms with E-state index in [0.717, 1.165) is 25.7 Å². The van der Waals surface area contributed by atoms with Crippen LogP contribution in [0.1, 0.15) is 60.9 Å². The highest BCUT2D eigenvalue weighted by molar-refractivity contribution is 5.43. The third-order valence-electron chi connectivity index (χ3n) is 3.99. The molecule has 0 aromatic heterocycles. The number of unbranched alkanes of at least 4 members (excludes halogenated alkanes) is 1. The maximum absolute atomic E-state index is 9.71. The SMILES string of the molecule is Cc1cc(C)c(C)c(CCCCC(C)(C)O)c1C. The fraction of sp³-hybridized carbons (Fsp3) is 0.647. The van der Waals surface area contributed by atoms with E-state index in [-0.39, 0.29) is 0 Å². The normalized spacial score (nSPS) is 11.9. The van der Waals surface area contributed by atoms with Crippen LogP contribution in [0.4, 0.5) is 0 Å². The predicted octanol–water partition coefficient (Wildman–Crippen LogP) is 4.40. The second kappa shape index (κ2) is 5.88. The van der Waals surface area contributed by atoms with Gasteiger partial charge in [0.25, 0.3) is 0 Å². The number of benzene rings is 1. The lowest BCUT2D eigenvalue weighted by Crippen LogP contribution is -2.17. The van der Waals surface area contributed by atoms with Gasteiger partial charge in [0.15, 0.2) is 0 Å². The molecule has 1 heteroatoms. The van der Waals surface area contributed by atoms with E-state index in [2.05, 4.69) is 33.8 Å². The van der Waals surface area contributed by atoms with Crippen molar-refractivity contribution in [2.75, 3.05) is 0 Å². The summed E-state index contributed by atoms with van der Waals surface area (Å²) in [6.45, 7) is 12.6. The Labute approximate surface area is 112 Å². The quantitative estimate of drug-likeness (QED) is 0.766. The minimum atomic E-state index is -0.521. The van der Waals surface area contributed by atoms with Gasteiger partial charge in [0, 0.05) is 0 Å². The molecule has 0 saturated carbocycles. The Hall–Kier alpha value is -0.820. The Balaban J connectivity index is 2.68. The molecule has 0 unspecified atom stereocenters. The average molecular weight is 248 g/mol. The van der Waals surface area contributed by atoms with Gasteiger partial charge in [-0.25, -0.2) is 0 Å². The summed E-state index contributed by atoms with van der Waals surface area (Å²) in [5, 5.41) is 9.71. The van der Waals surface area contributed by atoms with Crippen LogP contribution in [0.3, 0.4) is 0 Å². The molecule has 0 bridgehead atoms. The molecule has 0 aliphatic heterocycles. The molecule has 0 heterocycles. The Morgan fingerprint density at radius 1 is 0.944 bits per heavy atom. The van der Waals surface area contributed by atoms with Gasteiger partial charge in [-0.05, 0) is 88.6 Å². The Bertz CT molecular complexity index is 384. The van der Waals surface area contributed by atoms with Crippen LogP contribution in [-0.4, -0.2) is 10.7 Å². The Kier molecular flexibility index (Phi) is 4.98. The zero-order valence-corrected chi connectivity index (χ0v) is 12.9. The molecule has 1 aromatic carbocycles. The highest BCUT2D eigenvalue weighted by Crippen LogP contribution is 2.24. The molecule has 0 atom stereocenters. The van der Waals surface area contributed by atoms with E-state index in [1.807, 2.05) is 13.8 Å². The van der Waals surface area contributed by atoms with Crippen LogP contribution in [0.2, 0.25) is 0 Å². The first-order valence-electron chi connectivity index (χ1n) is 7.01. The summed E-state index contributed by atoms with van der Waals surface area (Å²) in [6, 6.07) is 2.28. The highest BCUT2D eigenvalue weighted by atomic mass is 16.3. The predicted molar refractivity (Wildman–Crippen MR) is 79.2 cm³/mol. The van der Waals surface area contributed by atoms with E-state index in [9.17, 15) is 5.11 Å². The van der Waals surface area contributed by atoms with Crippen LogP contribution in [0.25, 0.3) is 0 Å². The number of rotatable bonds is 5. The third-order valence-corrected chi connectivity index (χ3v) is 3.99. The molecule has 0 fully saturated rings. The summed E-state index contributed by atoms with van der Waals surface area (Å²) in [5.41, 5.74) is 6.68. The molecule has 0 radical (unpaired) electrons. The monoisotopic (exact) mass is 248 g/mol. The first kappa shape index (κ1) is 15.2. The highest BCUT2D eigenvalue weighted by Gasteiger charge is 2.12. The molecule has 0 aliphatic rings. The fourth-order valence-corrected chi connectivity index (χ4v) is 2.53. The van der Waals surface area contributed by atoms with Gasteiger partial charge in [-0.2, -0.15) is 0 Å². The van der Waals surface area contributed by atoms with Crippen LogP contribution in [-0.2, 0) is 6.42 Å². The van der Waals surface area contributed by atoms with Crippen LogP contribution in [0.5, 0.6) is 0 Å². The molecule has 0 amide bonds. The van der Waals surface area contributed by atoms with E-state index < -0.39 is 5.60 Å². The van der Waals surface area contributed by atoms with Crippen LogP contribution in [0, 0.1) is 27.7 Å². The van der Waals surface area contributed by atoms with Crippen molar-refractivity contribution >= 4 is 0 Å². The van der Waals surface area contributed by atoms with Gasteiger partial charge < -0.3 is 5.11 Å². The molecule has 102 valence electrons. The molecule has 1 aromatic rings. The summed E-state index contributed by atoms with van der Waals surface area (Å²) in [5.74, 6) is 0. The molecule has 0 spiro atoms. The van der Waals surface area contributed by atoms with Crippen molar-refractivity contribution in [1.29, 1.82) is 0 Å². The third kappa shape index (κ3) is 4.13. The van der Waals surface area contributed by atoms with Gasteiger partial charge in [-0.15, -0.1) is 0 Å². The van der Waals surface area contributed by atoms with Gasteiger partial charge in [-0.3, -0.25) is 0 Å². The molecule has 1 rings (SSSR count). The minimum absolute atomic E-state index is 0.521. The number of aryl methyl sites for hydroxylation is 2. The van der Waals surface area contributed by atoms with Crippen LogP contribution in [0.15, 0.2) is 6.07 Å². The number of hydrogen-bond acceptors (Lipinski definition) is 1. The lowest BCUT2D eigenvalue weighted by molar-refractivity contribution is 0.0682. The summed E-state index contributed by atoms with van der Waals surface area (Å²) in [6.07, 6.45) is 4.27. The second-order valence-electron chi connectivity index (χ2n) is 6.26. The van der Waals surface area contributed by atoms with Gasteiger partial charge in [-0.1, -0.05) is 12.5 Å². The van der Waals surface area contributed by atoms with Crippen molar-refractivity contribution in [2.24, 2.45) is 0 Å². The van der Waals surface area contributed by atoms with Crippen molar-refractivity contribution in [3.05, 3.63) is 33.9 Å². The summed E-state index contributed by atoms with van der Waals surface area (Å²) >= 11 is 0. The smallest absolute Gasteiger partial charge is 0.0591 e. The van der Waals surface area contributed by atoms with Crippen LogP contribution < -0.4 is 0 Å². The first-order chi connectivity index (χ1) is 8.22. The van der Waals surface area contributed by atoms with Gasteiger partial charge in [0.2, 0.25) is 0 Å². The zero-order valence-electron chi connectivity index (χ0n) is 12.9. The number of aliphatic hydroxyl groups is 1. The fourth-order valence-electron chi connectivity index (χ4n) is 2.53. The molecule has 0 saturated heterocycles. The molecule has 0 aliphatic carbocycles. The van der Waals surface area contributed by atoms with Gasteiger partial charge >= 0.3 is 0 Å². The molecule has 18 heavy (non-hydrogen) atoms. The first-order valence-corrected chi connectivity index (χ1v) is 7.01. The summed E-state index contributed by atoms with van der Waals surface area (Å²) in [7, 11) is 0. The Morgan fingerprint density at radius 2 is 1.44 bits per heavy atom. The lowest BCUT2D eigenvalue weighted by atomic mass is 9.90. The summed E-state index contributed by atoms with van der Waals surface area (Å²) in [4.78, 5) is 0. The van der Waals surface area contributed by atoms with E-state index in [1.165, 1.54) is 27.8 Å². The molecule has 1 nitrogen and oxygen atoms in total. The number of hydrogen-bond donors (Lipinski definition) is 1. The standard InChI is InChI=1S/C17H28O/c1-12-11-13(2)15(4)16(14(12)3)9-7-8-10-17(5,6)18/h11,18H,7-10H2,1-6H3. The van der Waals surface area contributed by atoms with E-state index >= 15 is 0 Å². The van der Waals surface area contributed by atoms with Gasteiger partial charge in [0.1, 0.15) is 0 Å². The van der Waals surface area contributed by atoms with Crippen molar-refractivity contribution in [3.63, 3.8) is 0 Å². The van der Waals surface area contributed by atoms with E-state index in [4.69, 9.17) is 0 Å². The molecular formula is C17H28O. The average Bonchev–Trinajstić information content (AvgIpc) is 2.24. The van der Waals surface area contributed by atoms with Crippen molar-refractivity contribution in [2.45, 2.75) is 72.8 Å². The second-order valence-corrected chi connectivity index (χ2v) is 6.26. The lowest BCUT2D eigenvalue weighted by Gasteiger charge is -2.18. The minimum Gasteiger partial charge on any atom is -0.390 e. The van der Waals surface area contributed by atoms with E-state index in [0.29, 0.717) is 0 Å². The molecular weight excluding hydrogens is 220 g/mol. The molecule has 1 N–H and O–H groups in total.